The lowest BCUT2D eigenvalue weighted by atomic mass is 9.96. The van der Waals surface area contributed by atoms with Crippen LogP contribution in [0.4, 0.5) is 0 Å². The van der Waals surface area contributed by atoms with Crippen LogP contribution in [0.5, 0.6) is 17.2 Å². The van der Waals surface area contributed by atoms with Gasteiger partial charge in [-0.1, -0.05) is 53.5 Å². The van der Waals surface area contributed by atoms with Gasteiger partial charge < -0.3 is 49.8 Å². The number of pyridine rings is 1. The van der Waals surface area contributed by atoms with Crippen molar-refractivity contribution in [2.45, 2.75) is 71.2 Å². The molecule has 2 saturated heterocycles. The molecular weight excluding hydrogens is 817 g/mol. The van der Waals surface area contributed by atoms with Crippen LogP contribution in [-0.2, 0) is 19.8 Å². The van der Waals surface area contributed by atoms with Crippen molar-refractivity contribution >= 4 is 29.0 Å². The average molecular weight is 879 g/mol. The molecule has 2 aliphatic rings. The maximum Gasteiger partial charge on any atom is 0.142 e. The normalized spacial score (nSPS) is 17.3. The second-order valence-electron chi connectivity index (χ2n) is 16.7. The Kier molecular flexibility index (Phi) is 17.1. The molecule has 1 aromatic heterocycles. The van der Waals surface area contributed by atoms with Crippen LogP contribution in [0, 0.1) is 24.2 Å². The van der Waals surface area contributed by atoms with Crippen LogP contribution in [0.1, 0.15) is 66.8 Å². The van der Waals surface area contributed by atoms with Crippen molar-refractivity contribution in [3.05, 3.63) is 105 Å². The number of aromatic nitrogens is 1. The molecule has 61 heavy (non-hydrogen) atoms. The molecule has 0 radical (unpaired) electrons. The lowest BCUT2D eigenvalue weighted by molar-refractivity contribution is 0.103. The first-order chi connectivity index (χ1) is 29.5. The summed E-state index contributed by atoms with van der Waals surface area (Å²) in [7, 11) is 0. The summed E-state index contributed by atoms with van der Waals surface area (Å²) in [6, 6.07) is 17.3. The fourth-order valence-corrected chi connectivity index (χ4v) is 8.50. The molecule has 4 aromatic rings. The second-order valence-corrected chi connectivity index (χ2v) is 17.5. The van der Waals surface area contributed by atoms with Gasteiger partial charge in [0.15, 0.2) is 0 Å². The molecule has 2 atom stereocenters. The Hall–Kier alpha value is -3.98. The molecule has 2 aliphatic heterocycles. The number of amidine groups is 1. The third-order valence-corrected chi connectivity index (χ3v) is 12.6. The highest BCUT2D eigenvalue weighted by molar-refractivity contribution is 6.35. The average Bonchev–Trinajstić information content (AvgIpc) is 3.29. The van der Waals surface area contributed by atoms with E-state index in [1.807, 2.05) is 54.3 Å². The summed E-state index contributed by atoms with van der Waals surface area (Å²) in [5.74, 6) is 2.42. The molecule has 2 unspecified atom stereocenters. The van der Waals surface area contributed by atoms with E-state index in [1.54, 1.807) is 31.5 Å². The van der Waals surface area contributed by atoms with Crippen molar-refractivity contribution in [3.8, 4) is 28.4 Å². The third-order valence-electron chi connectivity index (χ3n) is 11.9. The number of piperidine rings is 2. The highest BCUT2D eigenvalue weighted by Crippen LogP contribution is 2.39. The van der Waals surface area contributed by atoms with Crippen LogP contribution in [-0.4, -0.2) is 112 Å². The van der Waals surface area contributed by atoms with Gasteiger partial charge in [0, 0.05) is 86.7 Å². The van der Waals surface area contributed by atoms with Crippen molar-refractivity contribution < 1.29 is 34.6 Å². The fraction of sp³-hybridized carbons (Fsp3) is 0.489. The summed E-state index contributed by atoms with van der Waals surface area (Å²) in [6.45, 7) is 9.00. The zero-order valence-electron chi connectivity index (χ0n) is 35.3. The lowest BCUT2D eigenvalue weighted by Gasteiger charge is -2.33. The fourth-order valence-electron chi connectivity index (χ4n) is 7.98. The topological polar surface area (TPSA) is 164 Å². The summed E-state index contributed by atoms with van der Waals surface area (Å²) in [6.07, 6.45) is 8.31. The number of hydrogen-bond donors (Lipinski definition) is 6. The number of rotatable bonds is 20. The van der Waals surface area contributed by atoms with Gasteiger partial charge in [-0.3, -0.25) is 10.4 Å². The Morgan fingerprint density at radius 3 is 2.33 bits per heavy atom. The minimum Gasteiger partial charge on any atom is -0.492 e. The Morgan fingerprint density at radius 1 is 0.836 bits per heavy atom. The van der Waals surface area contributed by atoms with Crippen LogP contribution in [0.2, 0.25) is 10.0 Å². The van der Waals surface area contributed by atoms with Crippen LogP contribution in [0.3, 0.4) is 0 Å². The Labute approximate surface area is 369 Å². The maximum atomic E-state index is 9.94. The predicted octanol–water partition coefficient (Wildman–Crippen LogP) is 6.86. The number of hydrogen-bond acceptors (Lipinski definition) is 11. The van der Waals surface area contributed by atoms with E-state index in [9.17, 15) is 20.4 Å². The summed E-state index contributed by atoms with van der Waals surface area (Å²) >= 11 is 13.9. The van der Waals surface area contributed by atoms with Crippen LogP contribution in [0.25, 0.3) is 11.1 Å². The molecule has 14 heteroatoms. The van der Waals surface area contributed by atoms with E-state index in [-0.39, 0.29) is 52.1 Å². The first-order valence-corrected chi connectivity index (χ1v) is 22.1. The molecule has 0 amide bonds. The zero-order valence-corrected chi connectivity index (χ0v) is 36.9. The Morgan fingerprint density at radius 2 is 1.56 bits per heavy atom. The second kappa shape index (κ2) is 22.4. The number of nitrogens with one attached hydrogen (secondary N) is 2. The van der Waals surface area contributed by atoms with Crippen LogP contribution in [0.15, 0.2) is 67.0 Å². The van der Waals surface area contributed by atoms with E-state index < -0.39 is 5.54 Å². The summed E-state index contributed by atoms with van der Waals surface area (Å²) in [5, 5.41) is 52.2. The van der Waals surface area contributed by atoms with Gasteiger partial charge in [0.25, 0.3) is 0 Å². The Balaban J connectivity index is 1.15. The molecule has 3 aromatic carbocycles. The van der Waals surface area contributed by atoms with Gasteiger partial charge >= 0.3 is 0 Å². The molecule has 6 N–H and O–H groups in total. The van der Waals surface area contributed by atoms with Crippen molar-refractivity contribution in [1.82, 2.24) is 20.1 Å². The summed E-state index contributed by atoms with van der Waals surface area (Å²) in [5.41, 5.74) is 4.96. The maximum absolute atomic E-state index is 9.94. The largest absolute Gasteiger partial charge is 0.492 e. The van der Waals surface area contributed by atoms with Gasteiger partial charge in [-0.25, -0.2) is 0 Å². The third kappa shape index (κ3) is 12.4. The number of halogens is 2. The number of aliphatic hydroxyl groups is 4. The number of ether oxygens (including phenoxy) is 3. The molecule has 0 aliphatic carbocycles. The number of aliphatic hydroxyl groups excluding tert-OH is 4. The van der Waals surface area contributed by atoms with Crippen molar-refractivity contribution in [2.75, 3.05) is 65.8 Å². The first-order valence-electron chi connectivity index (χ1n) is 21.3. The van der Waals surface area contributed by atoms with Gasteiger partial charge in [0.2, 0.25) is 0 Å². The number of nitrogens with zero attached hydrogens (tertiary/aromatic N) is 3. The lowest BCUT2D eigenvalue weighted by Crippen LogP contribution is -2.48. The van der Waals surface area contributed by atoms with E-state index in [2.05, 4.69) is 15.2 Å². The van der Waals surface area contributed by atoms with E-state index in [1.165, 1.54) is 0 Å². The molecule has 330 valence electrons. The molecule has 6 rings (SSSR count). The number of likely N-dealkylation sites (tertiary alicyclic amines) is 2. The zero-order chi connectivity index (χ0) is 43.4. The minimum absolute atomic E-state index is 0.106. The van der Waals surface area contributed by atoms with Gasteiger partial charge in [-0.2, -0.15) is 0 Å². The molecule has 12 nitrogen and oxygen atoms in total. The predicted molar refractivity (Wildman–Crippen MR) is 240 cm³/mol. The van der Waals surface area contributed by atoms with Crippen LogP contribution < -0.4 is 19.5 Å². The highest BCUT2D eigenvalue weighted by atomic mass is 35.5. The molecule has 2 fully saturated rings. The monoisotopic (exact) mass is 877 g/mol. The highest BCUT2D eigenvalue weighted by Gasteiger charge is 2.25. The smallest absolute Gasteiger partial charge is 0.142 e. The van der Waals surface area contributed by atoms with E-state index in [0.717, 1.165) is 86.1 Å². The van der Waals surface area contributed by atoms with E-state index in [4.69, 9.17) is 42.8 Å². The van der Waals surface area contributed by atoms with E-state index >= 15 is 0 Å². The molecular formula is C47H61Cl2N5O7. The molecule has 0 spiro atoms. The SMILES string of the molecule is Cc1c(COc2cc(OCc3cncc(C(=N)N4CCCC(CO)C4)c3)c(CNC(C)(CO)CO)cc2Cl)cccc1-c1cccc(OCCCN2CCCC(CO)C2)c1Cl. The Bertz CT molecular complexity index is 2070. The van der Waals surface area contributed by atoms with Crippen molar-refractivity contribution in [3.63, 3.8) is 0 Å². The molecule has 3 heterocycles. The number of benzene rings is 3. The van der Waals surface area contributed by atoms with Gasteiger partial charge in [0.05, 0.1) is 35.4 Å². The van der Waals surface area contributed by atoms with Crippen LogP contribution >= 0.6 is 23.2 Å². The summed E-state index contributed by atoms with van der Waals surface area (Å²) < 4.78 is 19.0. The van der Waals surface area contributed by atoms with Gasteiger partial charge in [-0.05, 0) is 99.2 Å². The molecule has 0 saturated carbocycles. The first kappa shape index (κ1) is 46.5. The standard InChI is InChI=1S/C47H61Cl2N5O7/c1-32-36(10-3-11-39(32)40-12-4-13-42(45(40)49)59-17-7-15-53-14-5-8-33(24-53)26-55)29-61-44-20-43(37(19-41(44)48)23-52-47(2,30-57)31-58)60-28-35-18-38(22-51-21-35)46(50)54-16-6-9-34(25-54)27-56/h3-4,10-13,18-22,33-34,50,52,55-58H,5-9,14-17,23-31H2,1-2H3. The van der Waals surface area contributed by atoms with Gasteiger partial charge in [-0.15, -0.1) is 0 Å². The van der Waals surface area contributed by atoms with Crippen molar-refractivity contribution in [1.29, 1.82) is 5.41 Å². The minimum atomic E-state index is -0.934. The van der Waals surface area contributed by atoms with Crippen molar-refractivity contribution in [2.24, 2.45) is 11.8 Å². The van der Waals surface area contributed by atoms with Gasteiger partial charge in [0.1, 0.15) is 36.3 Å². The molecule has 0 bridgehead atoms. The quantitative estimate of drug-likeness (QED) is 0.0313. The summed E-state index contributed by atoms with van der Waals surface area (Å²) in [4.78, 5) is 8.80. The van der Waals surface area contributed by atoms with E-state index in [0.29, 0.717) is 63.3 Å².